The van der Waals surface area contributed by atoms with Crippen LogP contribution in [0.3, 0.4) is 0 Å². The maximum atomic E-state index is 12.2. The lowest BCUT2D eigenvalue weighted by Gasteiger charge is -2.29. The van der Waals surface area contributed by atoms with E-state index >= 15 is 0 Å². The van der Waals surface area contributed by atoms with Crippen LogP contribution in [0.5, 0.6) is 0 Å². The summed E-state index contributed by atoms with van der Waals surface area (Å²) in [7, 11) is 0. The van der Waals surface area contributed by atoms with Crippen molar-refractivity contribution in [3.8, 4) is 0 Å². The van der Waals surface area contributed by atoms with Crippen LogP contribution in [0.25, 0.3) is 0 Å². The number of carbonyl (C=O) groups excluding carboxylic acids is 2. The van der Waals surface area contributed by atoms with E-state index in [0.29, 0.717) is 5.92 Å². The van der Waals surface area contributed by atoms with Crippen molar-refractivity contribution in [2.45, 2.75) is 45.2 Å². The summed E-state index contributed by atoms with van der Waals surface area (Å²) < 4.78 is 6.29. The van der Waals surface area contributed by atoms with Crippen molar-refractivity contribution in [3.05, 3.63) is 64.1 Å². The molecule has 1 fully saturated rings. The fourth-order valence-electron chi connectivity index (χ4n) is 3.41. The van der Waals surface area contributed by atoms with Crippen molar-refractivity contribution in [3.63, 3.8) is 0 Å². The van der Waals surface area contributed by atoms with Gasteiger partial charge in [-0.3, -0.25) is 9.59 Å². The molecule has 7 heteroatoms. The maximum absolute atomic E-state index is 12.2. The molecular formula is C21H25N3O4. The fraction of sp³-hybridized carbons (Fsp3) is 0.429. The zero-order chi connectivity index (χ0) is 19.9. The molecule has 0 radical (unpaired) electrons. The first-order valence-electron chi connectivity index (χ1n) is 9.61. The summed E-state index contributed by atoms with van der Waals surface area (Å²) in [6.07, 6.45) is 4.33. The topological polar surface area (TPSA) is 90.3 Å². The molecule has 1 aliphatic rings. The molecule has 2 aromatic rings. The van der Waals surface area contributed by atoms with Gasteiger partial charge in [0, 0.05) is 12.1 Å². The number of hydrogen-bond acceptors (Lipinski definition) is 5. The molecule has 28 heavy (non-hydrogen) atoms. The molecule has 1 amide bonds. The largest absolute Gasteiger partial charge is 0.451 e. The van der Waals surface area contributed by atoms with Crippen LogP contribution in [0.4, 0.5) is 0 Å². The first-order valence-corrected chi connectivity index (χ1v) is 9.61. The lowest BCUT2D eigenvalue weighted by molar-refractivity contribution is -0.125. The van der Waals surface area contributed by atoms with Gasteiger partial charge >= 0.3 is 5.97 Å². The number of ether oxygens (including phenoxy) is 1. The monoisotopic (exact) mass is 383 g/mol. The molecule has 0 saturated heterocycles. The van der Waals surface area contributed by atoms with Crippen molar-refractivity contribution in [1.29, 1.82) is 0 Å². The van der Waals surface area contributed by atoms with E-state index < -0.39 is 5.97 Å². The van der Waals surface area contributed by atoms with E-state index in [4.69, 9.17) is 4.74 Å². The molecule has 1 aromatic heterocycles. The van der Waals surface area contributed by atoms with Gasteiger partial charge in [0.2, 0.25) is 0 Å². The van der Waals surface area contributed by atoms with Crippen LogP contribution in [0.2, 0.25) is 0 Å². The highest BCUT2D eigenvalue weighted by molar-refractivity contribution is 5.89. The quantitative estimate of drug-likeness (QED) is 0.772. The summed E-state index contributed by atoms with van der Waals surface area (Å²) in [5, 5.41) is 7.01. The molecule has 0 bridgehead atoms. The molecule has 2 atom stereocenters. The molecule has 3 rings (SSSR count). The van der Waals surface area contributed by atoms with Crippen molar-refractivity contribution in [2.75, 3.05) is 6.61 Å². The van der Waals surface area contributed by atoms with Crippen LogP contribution >= 0.6 is 0 Å². The summed E-state index contributed by atoms with van der Waals surface area (Å²) in [5.41, 5.74) is 0.572. The molecular weight excluding hydrogens is 358 g/mol. The molecule has 0 spiro atoms. The Hall–Kier alpha value is -2.96. The SMILES string of the molecule is C[C@@H]1CCCC[C@H]1NC(=O)COC(=O)c1ccc(=O)n(Cc2ccccc2)n1. The Balaban J connectivity index is 1.57. The van der Waals surface area contributed by atoms with Crippen molar-refractivity contribution in [2.24, 2.45) is 5.92 Å². The Morgan fingerprint density at radius 2 is 1.89 bits per heavy atom. The maximum Gasteiger partial charge on any atom is 0.359 e. The second-order valence-electron chi connectivity index (χ2n) is 7.21. The molecule has 1 aliphatic carbocycles. The van der Waals surface area contributed by atoms with Crippen LogP contribution in [0, 0.1) is 5.92 Å². The first kappa shape index (κ1) is 19.8. The average Bonchev–Trinajstić information content (AvgIpc) is 2.70. The van der Waals surface area contributed by atoms with E-state index in [1.54, 1.807) is 0 Å². The third-order valence-electron chi connectivity index (χ3n) is 5.04. The number of carbonyl (C=O) groups is 2. The number of rotatable bonds is 6. The van der Waals surface area contributed by atoms with Gasteiger partial charge in [-0.25, -0.2) is 9.48 Å². The second-order valence-corrected chi connectivity index (χ2v) is 7.21. The lowest BCUT2D eigenvalue weighted by Crippen LogP contribution is -2.43. The smallest absolute Gasteiger partial charge is 0.359 e. The molecule has 0 unspecified atom stereocenters. The minimum atomic E-state index is -0.728. The highest BCUT2D eigenvalue weighted by atomic mass is 16.5. The predicted molar refractivity (Wildman–Crippen MR) is 104 cm³/mol. The van der Waals surface area contributed by atoms with Gasteiger partial charge in [0.05, 0.1) is 6.54 Å². The van der Waals surface area contributed by atoms with Gasteiger partial charge in [-0.2, -0.15) is 5.10 Å². The Morgan fingerprint density at radius 3 is 2.64 bits per heavy atom. The summed E-state index contributed by atoms with van der Waals surface area (Å²) in [4.78, 5) is 36.3. The highest BCUT2D eigenvalue weighted by Crippen LogP contribution is 2.23. The van der Waals surface area contributed by atoms with Crippen molar-refractivity contribution in [1.82, 2.24) is 15.1 Å². The van der Waals surface area contributed by atoms with Crippen LogP contribution in [-0.4, -0.2) is 34.3 Å². The number of esters is 1. The second kappa shape index (κ2) is 9.30. The third-order valence-corrected chi connectivity index (χ3v) is 5.04. The Morgan fingerprint density at radius 1 is 1.14 bits per heavy atom. The Labute approximate surface area is 163 Å². The molecule has 1 N–H and O–H groups in total. The molecule has 148 valence electrons. The minimum Gasteiger partial charge on any atom is -0.451 e. The van der Waals surface area contributed by atoms with Crippen LogP contribution in [-0.2, 0) is 16.1 Å². The zero-order valence-electron chi connectivity index (χ0n) is 16.0. The molecule has 7 nitrogen and oxygen atoms in total. The zero-order valence-corrected chi connectivity index (χ0v) is 16.0. The summed E-state index contributed by atoms with van der Waals surface area (Å²) >= 11 is 0. The van der Waals surface area contributed by atoms with Gasteiger partial charge in [-0.05, 0) is 30.4 Å². The van der Waals surface area contributed by atoms with Gasteiger partial charge in [0.15, 0.2) is 12.3 Å². The van der Waals surface area contributed by atoms with Crippen LogP contribution in [0.15, 0.2) is 47.3 Å². The van der Waals surface area contributed by atoms with E-state index in [1.807, 2.05) is 30.3 Å². The third kappa shape index (κ3) is 5.28. The van der Waals surface area contributed by atoms with E-state index in [2.05, 4.69) is 17.3 Å². The lowest BCUT2D eigenvalue weighted by atomic mass is 9.86. The number of amides is 1. The standard InChI is InChI=1S/C21H25N3O4/c1-15-7-5-6-10-17(15)22-19(25)14-28-21(27)18-11-12-20(26)24(23-18)13-16-8-3-2-4-9-16/h2-4,8-9,11-12,15,17H,5-7,10,13-14H2,1H3,(H,22,25)/t15-,17-/m1/s1. The van der Waals surface area contributed by atoms with Gasteiger partial charge < -0.3 is 10.1 Å². The highest BCUT2D eigenvalue weighted by Gasteiger charge is 2.23. The number of benzene rings is 1. The van der Waals surface area contributed by atoms with Gasteiger partial charge in [-0.1, -0.05) is 50.1 Å². The molecule has 0 aliphatic heterocycles. The van der Waals surface area contributed by atoms with Gasteiger partial charge in [0.25, 0.3) is 11.5 Å². The summed E-state index contributed by atoms with van der Waals surface area (Å²) in [5.74, 6) is -0.616. The van der Waals surface area contributed by atoms with Crippen molar-refractivity contribution < 1.29 is 14.3 Å². The van der Waals surface area contributed by atoms with Crippen LogP contribution < -0.4 is 10.9 Å². The average molecular weight is 383 g/mol. The summed E-state index contributed by atoms with van der Waals surface area (Å²) in [6, 6.07) is 12.1. The number of nitrogens with one attached hydrogen (secondary N) is 1. The fourth-order valence-corrected chi connectivity index (χ4v) is 3.41. The van der Waals surface area contributed by atoms with Gasteiger partial charge in [-0.15, -0.1) is 0 Å². The summed E-state index contributed by atoms with van der Waals surface area (Å²) in [6.45, 7) is 2.01. The minimum absolute atomic E-state index is 0.00522. The molecule has 1 heterocycles. The molecule has 1 aromatic carbocycles. The van der Waals surface area contributed by atoms with Gasteiger partial charge in [0.1, 0.15) is 0 Å². The normalized spacial score (nSPS) is 19.0. The van der Waals surface area contributed by atoms with E-state index in [9.17, 15) is 14.4 Å². The Kier molecular flexibility index (Phi) is 6.57. The van der Waals surface area contributed by atoms with E-state index in [0.717, 1.165) is 24.8 Å². The molecule has 1 saturated carbocycles. The van der Waals surface area contributed by atoms with Crippen molar-refractivity contribution >= 4 is 11.9 Å². The Bertz CT molecular complexity index is 879. The number of hydrogen-bond donors (Lipinski definition) is 1. The van der Waals surface area contributed by atoms with E-state index in [-0.39, 0.29) is 36.4 Å². The van der Waals surface area contributed by atoms with E-state index in [1.165, 1.54) is 23.2 Å². The predicted octanol–water partition coefficient (Wildman–Crippen LogP) is 2.14. The van der Waals surface area contributed by atoms with Crippen LogP contribution in [0.1, 0.15) is 48.7 Å². The first-order chi connectivity index (χ1) is 13.5. The number of nitrogens with zero attached hydrogens (tertiary/aromatic N) is 2. The number of aromatic nitrogens is 2.